The van der Waals surface area contributed by atoms with Crippen LogP contribution in [0.15, 0.2) is 4.99 Å². The minimum absolute atomic E-state index is 0.369. The molecule has 1 saturated heterocycles. The summed E-state index contributed by atoms with van der Waals surface area (Å²) in [7, 11) is -9.19. The van der Waals surface area contributed by atoms with Crippen LogP contribution >= 0.6 is 7.60 Å². The Hall–Kier alpha value is -0.470. The first-order valence-corrected chi connectivity index (χ1v) is 8.28. The Morgan fingerprint density at radius 2 is 2.06 bits per heavy atom. The Morgan fingerprint density at radius 1 is 1.41 bits per heavy atom. The summed E-state index contributed by atoms with van der Waals surface area (Å²) >= 11 is 0. The molecule has 0 amide bonds. The highest BCUT2D eigenvalue weighted by Crippen LogP contribution is 2.42. The summed E-state index contributed by atoms with van der Waals surface area (Å²) in [6, 6.07) is 0. The van der Waals surface area contributed by atoms with Gasteiger partial charge in [-0.15, -0.1) is 0 Å². The third-order valence-electron chi connectivity index (χ3n) is 2.22. The molecule has 0 bridgehead atoms. The van der Waals surface area contributed by atoms with E-state index >= 15 is 0 Å². The van der Waals surface area contributed by atoms with Gasteiger partial charge in [-0.3, -0.25) is 14.1 Å². The van der Waals surface area contributed by atoms with E-state index in [0.29, 0.717) is 18.8 Å². The minimum Gasteiger partial charge on any atom is -0.374 e. The summed E-state index contributed by atoms with van der Waals surface area (Å²) in [5, 5.41) is 2.84. The number of nitrogens with one attached hydrogen (secondary N) is 1. The van der Waals surface area contributed by atoms with Gasteiger partial charge >= 0.3 is 7.60 Å². The molecule has 8 nitrogen and oxygen atoms in total. The van der Waals surface area contributed by atoms with Crippen molar-refractivity contribution in [3.8, 4) is 0 Å². The molecule has 1 unspecified atom stereocenters. The fourth-order valence-electron chi connectivity index (χ4n) is 1.43. The number of aliphatic imine (C=N–C) groups is 1. The standard InChI is InChI=1S/C7H15N2O6PS/c10-16(11,12)7(5-17(13,14)15)9-6-3-1-2-4-8-6/h7H,1-5H2,(H,8,9)(H2,10,11,12)(H,13,14,15). The Bertz CT molecular complexity index is 433. The lowest BCUT2D eigenvalue weighted by Gasteiger charge is -2.19. The van der Waals surface area contributed by atoms with Crippen LogP contribution in [0.25, 0.3) is 0 Å². The smallest absolute Gasteiger partial charge is 0.351 e. The average Bonchev–Trinajstić information content (AvgIpc) is 2.15. The normalized spacial score (nSPS) is 22.2. The van der Waals surface area contributed by atoms with Crippen molar-refractivity contribution in [3.63, 3.8) is 0 Å². The van der Waals surface area contributed by atoms with E-state index in [-0.39, 0.29) is 0 Å². The van der Waals surface area contributed by atoms with Gasteiger partial charge in [0.2, 0.25) is 0 Å². The van der Waals surface area contributed by atoms with E-state index in [1.807, 2.05) is 0 Å². The van der Waals surface area contributed by atoms with Gasteiger partial charge in [0.05, 0.1) is 5.84 Å². The SMILES string of the molecule is O=P(O)(O)C(CS(=O)(=O)O)N=C1CCCCN1. The first-order valence-electron chi connectivity index (χ1n) is 4.99. The van der Waals surface area contributed by atoms with Gasteiger partial charge in [0.25, 0.3) is 10.1 Å². The van der Waals surface area contributed by atoms with Crippen LogP contribution < -0.4 is 5.32 Å². The van der Waals surface area contributed by atoms with Gasteiger partial charge in [-0.05, 0) is 12.8 Å². The maximum Gasteiger partial charge on any atom is 0.351 e. The molecule has 1 aliphatic heterocycles. The van der Waals surface area contributed by atoms with E-state index in [0.717, 1.165) is 12.8 Å². The Balaban J connectivity index is 2.87. The molecule has 17 heavy (non-hydrogen) atoms. The van der Waals surface area contributed by atoms with Crippen molar-refractivity contribution in [3.05, 3.63) is 0 Å². The van der Waals surface area contributed by atoms with Crippen LogP contribution in [-0.2, 0) is 14.7 Å². The molecule has 1 fully saturated rings. The number of amidine groups is 1. The Morgan fingerprint density at radius 3 is 2.47 bits per heavy atom. The van der Waals surface area contributed by atoms with E-state index in [1.165, 1.54) is 0 Å². The van der Waals surface area contributed by atoms with Crippen LogP contribution in [0.5, 0.6) is 0 Å². The highest BCUT2D eigenvalue weighted by atomic mass is 32.2. The van der Waals surface area contributed by atoms with E-state index in [1.54, 1.807) is 0 Å². The second kappa shape index (κ2) is 5.45. The van der Waals surface area contributed by atoms with E-state index < -0.39 is 29.2 Å². The second-order valence-corrected chi connectivity index (χ2v) is 7.05. The van der Waals surface area contributed by atoms with Gasteiger partial charge in [-0.2, -0.15) is 8.42 Å². The Kier molecular flexibility index (Phi) is 4.68. The molecule has 0 aromatic heterocycles. The molecule has 1 rings (SSSR count). The summed E-state index contributed by atoms with van der Waals surface area (Å²) in [6.07, 6.45) is 2.27. The van der Waals surface area contributed by atoms with Gasteiger partial charge in [0, 0.05) is 13.0 Å². The molecule has 0 saturated carbocycles. The van der Waals surface area contributed by atoms with Crippen molar-refractivity contribution in [1.82, 2.24) is 5.32 Å². The number of nitrogens with zero attached hydrogens (tertiary/aromatic N) is 1. The van der Waals surface area contributed by atoms with Crippen molar-refractivity contribution in [1.29, 1.82) is 0 Å². The molecular formula is C7H15N2O6PS. The lowest BCUT2D eigenvalue weighted by Crippen LogP contribution is -2.31. The van der Waals surface area contributed by atoms with E-state index in [2.05, 4.69) is 10.3 Å². The first-order chi connectivity index (χ1) is 7.68. The number of hydrogen-bond acceptors (Lipinski definition) is 4. The van der Waals surface area contributed by atoms with Gasteiger partial charge in [-0.1, -0.05) is 0 Å². The summed E-state index contributed by atoms with van der Waals surface area (Å²) in [4.78, 5) is 21.6. The summed E-state index contributed by atoms with van der Waals surface area (Å²) in [5.41, 5.74) is 0. The molecule has 0 radical (unpaired) electrons. The predicted octanol–water partition coefficient (Wildman–Crippen LogP) is -0.450. The number of hydrogen-bond donors (Lipinski definition) is 4. The maximum absolute atomic E-state index is 11.1. The molecule has 4 N–H and O–H groups in total. The van der Waals surface area contributed by atoms with Crippen molar-refractivity contribution < 1.29 is 27.3 Å². The molecule has 0 aliphatic carbocycles. The van der Waals surface area contributed by atoms with Crippen molar-refractivity contribution in [2.24, 2.45) is 4.99 Å². The summed E-state index contributed by atoms with van der Waals surface area (Å²) < 4.78 is 41.0. The second-order valence-electron chi connectivity index (χ2n) is 3.78. The van der Waals surface area contributed by atoms with Crippen molar-refractivity contribution in [2.45, 2.75) is 25.0 Å². The van der Waals surface area contributed by atoms with Gasteiger partial charge < -0.3 is 15.1 Å². The fraction of sp³-hybridized carbons (Fsp3) is 0.857. The molecule has 0 aromatic rings. The van der Waals surface area contributed by atoms with Crippen LogP contribution in [0.3, 0.4) is 0 Å². The molecular weight excluding hydrogens is 271 g/mol. The van der Waals surface area contributed by atoms with Crippen molar-refractivity contribution >= 4 is 23.5 Å². The predicted molar refractivity (Wildman–Crippen MR) is 61.5 cm³/mol. The topological polar surface area (TPSA) is 136 Å². The fourth-order valence-corrected chi connectivity index (χ4v) is 3.51. The Labute approximate surface area is 99.0 Å². The van der Waals surface area contributed by atoms with Crippen LogP contribution in [0.1, 0.15) is 19.3 Å². The molecule has 1 heterocycles. The van der Waals surface area contributed by atoms with Crippen LogP contribution in [0.4, 0.5) is 0 Å². The zero-order valence-corrected chi connectivity index (χ0v) is 10.7. The third kappa shape index (κ3) is 5.60. The lowest BCUT2D eigenvalue weighted by atomic mass is 10.1. The quantitative estimate of drug-likeness (QED) is 0.406. The number of rotatable bonds is 4. The summed E-state index contributed by atoms with van der Waals surface area (Å²) in [6.45, 7) is 0.637. The minimum atomic E-state index is -4.71. The summed E-state index contributed by atoms with van der Waals surface area (Å²) in [5.74, 6) is -2.46. The van der Waals surface area contributed by atoms with Crippen LogP contribution in [0, 0.1) is 0 Å². The highest BCUT2D eigenvalue weighted by Gasteiger charge is 2.33. The molecule has 10 heteroatoms. The first kappa shape index (κ1) is 14.6. The average molecular weight is 286 g/mol. The van der Waals surface area contributed by atoms with Gasteiger partial charge in [-0.25, -0.2) is 0 Å². The monoisotopic (exact) mass is 286 g/mol. The van der Waals surface area contributed by atoms with Crippen molar-refractivity contribution in [2.75, 3.05) is 12.3 Å². The van der Waals surface area contributed by atoms with Crippen LogP contribution in [0.2, 0.25) is 0 Å². The zero-order valence-electron chi connectivity index (χ0n) is 8.98. The lowest BCUT2D eigenvalue weighted by molar-refractivity contribution is 0.360. The molecule has 0 spiro atoms. The number of piperidine rings is 1. The van der Waals surface area contributed by atoms with Gasteiger partial charge in [0.1, 0.15) is 5.75 Å². The third-order valence-corrected chi connectivity index (χ3v) is 4.28. The van der Waals surface area contributed by atoms with E-state index in [4.69, 9.17) is 14.3 Å². The van der Waals surface area contributed by atoms with Gasteiger partial charge in [0.15, 0.2) is 5.78 Å². The van der Waals surface area contributed by atoms with E-state index in [9.17, 15) is 13.0 Å². The molecule has 1 aliphatic rings. The highest BCUT2D eigenvalue weighted by molar-refractivity contribution is 7.86. The molecule has 100 valence electrons. The zero-order chi connectivity index (χ0) is 13.1. The largest absolute Gasteiger partial charge is 0.374 e. The molecule has 0 aromatic carbocycles. The van der Waals surface area contributed by atoms with Crippen LogP contribution in [-0.4, -0.2) is 46.7 Å². The molecule has 1 atom stereocenters. The maximum atomic E-state index is 11.1.